The Morgan fingerprint density at radius 2 is 1.76 bits per heavy atom. The van der Waals surface area contributed by atoms with E-state index in [2.05, 4.69) is 30.1 Å². The van der Waals surface area contributed by atoms with Crippen LogP contribution in [0, 0.1) is 0 Å². The number of hydrogen-bond donors (Lipinski definition) is 2. The molecule has 0 bridgehead atoms. The number of nitrogens with two attached hydrogens (primary N) is 2. The van der Waals surface area contributed by atoms with Gasteiger partial charge in [0, 0.05) is 30.4 Å². The Morgan fingerprint density at radius 3 is 2.41 bits per heavy atom. The number of pyridine rings is 2. The third-order valence-electron chi connectivity index (χ3n) is 5.41. The Bertz CT molecular complexity index is 1150. The van der Waals surface area contributed by atoms with Crippen molar-refractivity contribution < 1.29 is 4.52 Å². The molecule has 0 aromatic carbocycles. The topological polar surface area (TPSA) is 143 Å². The van der Waals surface area contributed by atoms with Crippen molar-refractivity contribution in [2.24, 2.45) is 0 Å². The fourth-order valence-corrected chi connectivity index (χ4v) is 3.62. The van der Waals surface area contributed by atoms with Gasteiger partial charge in [-0.1, -0.05) is 17.6 Å². The summed E-state index contributed by atoms with van der Waals surface area (Å²) in [6.45, 7) is 0. The second-order valence-corrected chi connectivity index (χ2v) is 7.06. The smallest absolute Gasteiger partial charge is 0.261 e. The van der Waals surface area contributed by atoms with Crippen LogP contribution in [0.15, 0.2) is 53.6 Å². The van der Waals surface area contributed by atoms with E-state index in [1.54, 1.807) is 24.7 Å². The average Bonchev–Trinajstić information content (AvgIpc) is 3.19. The molecule has 0 aliphatic heterocycles. The normalized spacial score (nSPS) is 15.0. The van der Waals surface area contributed by atoms with Crippen LogP contribution in [-0.2, 0) is 5.41 Å². The van der Waals surface area contributed by atoms with E-state index in [1.807, 2.05) is 24.4 Å². The van der Waals surface area contributed by atoms with Crippen molar-refractivity contribution >= 4 is 11.8 Å². The Balaban J connectivity index is 1.48. The van der Waals surface area contributed by atoms with Crippen molar-refractivity contribution in [3.63, 3.8) is 0 Å². The predicted molar refractivity (Wildman–Crippen MR) is 106 cm³/mol. The van der Waals surface area contributed by atoms with Crippen LogP contribution >= 0.6 is 0 Å². The van der Waals surface area contributed by atoms with Gasteiger partial charge in [0.1, 0.15) is 5.82 Å². The van der Waals surface area contributed by atoms with Gasteiger partial charge in [-0.2, -0.15) is 4.98 Å². The van der Waals surface area contributed by atoms with E-state index in [-0.39, 0.29) is 11.4 Å². The molecule has 0 spiro atoms. The molecule has 1 aliphatic carbocycles. The highest BCUT2D eigenvalue weighted by atomic mass is 16.5. The van der Waals surface area contributed by atoms with Crippen LogP contribution in [0.2, 0.25) is 0 Å². The van der Waals surface area contributed by atoms with E-state index < -0.39 is 0 Å². The van der Waals surface area contributed by atoms with Gasteiger partial charge >= 0.3 is 0 Å². The summed E-state index contributed by atoms with van der Waals surface area (Å²) in [7, 11) is 0. The zero-order valence-corrected chi connectivity index (χ0v) is 15.5. The first-order valence-corrected chi connectivity index (χ1v) is 9.25. The molecule has 5 rings (SSSR count). The molecule has 4 aromatic rings. The number of hydrogen-bond acceptors (Lipinski definition) is 9. The lowest BCUT2D eigenvalue weighted by atomic mass is 9.64. The molecule has 1 fully saturated rings. The third kappa shape index (κ3) is 2.87. The molecular formula is C20H18N8O. The van der Waals surface area contributed by atoms with E-state index in [0.717, 1.165) is 36.1 Å². The van der Waals surface area contributed by atoms with E-state index in [0.29, 0.717) is 23.1 Å². The Hall–Kier alpha value is -3.88. The van der Waals surface area contributed by atoms with E-state index in [1.165, 1.54) is 0 Å². The van der Waals surface area contributed by atoms with Gasteiger partial charge in [-0.05, 0) is 36.6 Å². The molecule has 0 saturated heterocycles. The highest BCUT2D eigenvalue weighted by Gasteiger charge is 2.45. The fraction of sp³-hybridized carbons (Fsp3) is 0.200. The maximum Gasteiger partial charge on any atom is 0.261 e. The molecule has 4 aromatic heterocycles. The van der Waals surface area contributed by atoms with Crippen LogP contribution in [0.4, 0.5) is 11.8 Å². The van der Waals surface area contributed by atoms with Crippen molar-refractivity contribution in [3.05, 3.63) is 60.4 Å². The third-order valence-corrected chi connectivity index (χ3v) is 5.41. The summed E-state index contributed by atoms with van der Waals surface area (Å²) in [6, 6.07) is 7.60. The highest BCUT2D eigenvalue weighted by molar-refractivity contribution is 5.66. The van der Waals surface area contributed by atoms with Crippen LogP contribution < -0.4 is 11.5 Å². The van der Waals surface area contributed by atoms with Gasteiger partial charge in [0.2, 0.25) is 5.95 Å². The van der Waals surface area contributed by atoms with Crippen molar-refractivity contribution in [3.8, 4) is 22.7 Å². The van der Waals surface area contributed by atoms with Crippen molar-refractivity contribution in [2.45, 2.75) is 24.7 Å². The summed E-state index contributed by atoms with van der Waals surface area (Å²) < 4.78 is 5.51. The average molecular weight is 386 g/mol. The minimum Gasteiger partial charge on any atom is -0.383 e. The van der Waals surface area contributed by atoms with E-state index in [4.69, 9.17) is 16.0 Å². The SMILES string of the molecule is Nc1ncc(-c2ccc(C3(c4noc(-c5cccnc5N)n4)CCC3)cn2)cn1. The van der Waals surface area contributed by atoms with Crippen LogP contribution in [0.5, 0.6) is 0 Å². The molecule has 0 radical (unpaired) electrons. The first-order chi connectivity index (χ1) is 14.2. The Labute approximate surface area is 166 Å². The second-order valence-electron chi connectivity index (χ2n) is 7.06. The molecule has 9 heteroatoms. The fourth-order valence-electron chi connectivity index (χ4n) is 3.62. The molecule has 1 saturated carbocycles. The quantitative estimate of drug-likeness (QED) is 0.541. The van der Waals surface area contributed by atoms with Crippen LogP contribution in [0.3, 0.4) is 0 Å². The first kappa shape index (κ1) is 17.2. The minimum atomic E-state index is -0.304. The molecule has 4 N–H and O–H groups in total. The lowest BCUT2D eigenvalue weighted by molar-refractivity contribution is 0.272. The van der Waals surface area contributed by atoms with Crippen LogP contribution in [0.25, 0.3) is 22.7 Å². The largest absolute Gasteiger partial charge is 0.383 e. The van der Waals surface area contributed by atoms with Crippen molar-refractivity contribution in [1.29, 1.82) is 0 Å². The maximum absolute atomic E-state index is 5.94. The number of nitrogen functional groups attached to an aromatic ring is 2. The molecular weight excluding hydrogens is 368 g/mol. The first-order valence-electron chi connectivity index (χ1n) is 9.25. The molecule has 144 valence electrons. The molecule has 4 heterocycles. The Morgan fingerprint density at radius 1 is 0.931 bits per heavy atom. The molecule has 0 unspecified atom stereocenters. The van der Waals surface area contributed by atoms with Gasteiger partial charge in [0.15, 0.2) is 5.82 Å². The van der Waals surface area contributed by atoms with Crippen molar-refractivity contribution in [1.82, 2.24) is 30.1 Å². The molecule has 0 amide bonds. The van der Waals surface area contributed by atoms with Gasteiger partial charge in [0.25, 0.3) is 5.89 Å². The second kappa shape index (κ2) is 6.62. The highest BCUT2D eigenvalue weighted by Crippen LogP contribution is 2.48. The summed E-state index contributed by atoms with van der Waals surface area (Å²) in [6.07, 6.45) is 9.76. The lowest BCUT2D eigenvalue weighted by Gasteiger charge is -2.39. The minimum absolute atomic E-state index is 0.237. The molecule has 29 heavy (non-hydrogen) atoms. The summed E-state index contributed by atoms with van der Waals surface area (Å²) in [5.74, 6) is 1.62. The summed E-state index contributed by atoms with van der Waals surface area (Å²) in [5.41, 5.74) is 14.5. The van der Waals surface area contributed by atoms with Crippen LogP contribution in [0.1, 0.15) is 30.7 Å². The number of rotatable bonds is 4. The van der Waals surface area contributed by atoms with Crippen molar-refractivity contribution in [2.75, 3.05) is 11.5 Å². The summed E-state index contributed by atoms with van der Waals surface area (Å²) in [5, 5.41) is 4.26. The molecule has 0 atom stereocenters. The van der Waals surface area contributed by atoms with Gasteiger partial charge in [-0.3, -0.25) is 4.98 Å². The Kier molecular flexibility index (Phi) is 3.94. The van der Waals surface area contributed by atoms with Gasteiger partial charge in [-0.25, -0.2) is 15.0 Å². The monoisotopic (exact) mass is 386 g/mol. The van der Waals surface area contributed by atoms with Gasteiger partial charge in [0.05, 0.1) is 16.7 Å². The maximum atomic E-state index is 5.94. The number of aromatic nitrogens is 6. The number of nitrogens with zero attached hydrogens (tertiary/aromatic N) is 6. The van der Waals surface area contributed by atoms with E-state index in [9.17, 15) is 0 Å². The molecule has 1 aliphatic rings. The summed E-state index contributed by atoms with van der Waals surface area (Å²) in [4.78, 5) is 21.4. The van der Waals surface area contributed by atoms with Crippen LogP contribution in [-0.4, -0.2) is 30.1 Å². The van der Waals surface area contributed by atoms with Gasteiger partial charge < -0.3 is 16.0 Å². The molecule has 9 nitrogen and oxygen atoms in total. The standard InChI is InChI=1S/C20H18N8O/c21-16-14(3-1-8-23-16)17-27-18(28-29-17)20(6-2-7-20)13-4-5-15(24-11-13)12-9-25-19(22)26-10-12/h1,3-5,8-11H,2,6-7H2,(H2,21,23)(H2,22,25,26). The lowest BCUT2D eigenvalue weighted by Crippen LogP contribution is -2.36. The summed E-state index contributed by atoms with van der Waals surface area (Å²) >= 11 is 0. The predicted octanol–water partition coefficient (Wildman–Crippen LogP) is 2.62. The van der Waals surface area contributed by atoms with E-state index >= 15 is 0 Å². The number of anilines is 2. The van der Waals surface area contributed by atoms with Gasteiger partial charge in [-0.15, -0.1) is 0 Å². The zero-order chi connectivity index (χ0) is 19.8. The zero-order valence-electron chi connectivity index (χ0n) is 15.5.